The van der Waals surface area contributed by atoms with E-state index in [1.807, 2.05) is 41.9 Å². The average Bonchev–Trinajstić information content (AvgIpc) is 2.89. The number of amides is 2. The van der Waals surface area contributed by atoms with E-state index in [0.717, 1.165) is 5.56 Å². The van der Waals surface area contributed by atoms with Crippen LogP contribution in [-0.2, 0) is 16.6 Å². The van der Waals surface area contributed by atoms with Crippen LogP contribution in [0.4, 0.5) is 4.79 Å². The second kappa shape index (κ2) is 7.08. The van der Waals surface area contributed by atoms with E-state index in [-0.39, 0.29) is 0 Å². The predicted molar refractivity (Wildman–Crippen MR) is 82.3 cm³/mol. The summed E-state index contributed by atoms with van der Waals surface area (Å²) in [7, 11) is 3.03. The summed E-state index contributed by atoms with van der Waals surface area (Å²) in [6.07, 6.45) is -0.777. The van der Waals surface area contributed by atoms with Gasteiger partial charge < -0.3 is 9.30 Å². The Kier molecular flexibility index (Phi) is 5.16. The molecule has 2 amide bonds. The van der Waals surface area contributed by atoms with E-state index < -0.39 is 17.3 Å². The highest BCUT2D eigenvalue weighted by atomic mass is 32.2. The number of carbonyl (C=O) groups is 2. The van der Waals surface area contributed by atoms with Gasteiger partial charge in [-0.25, -0.2) is 4.79 Å². The van der Waals surface area contributed by atoms with Crippen LogP contribution in [0.2, 0.25) is 0 Å². The van der Waals surface area contributed by atoms with Crippen LogP contribution in [0.25, 0.3) is 11.4 Å². The van der Waals surface area contributed by atoms with Crippen molar-refractivity contribution in [1.29, 1.82) is 0 Å². The molecule has 0 aliphatic rings. The maximum Gasteiger partial charge on any atom is 0.413 e. The first-order chi connectivity index (χ1) is 10.5. The molecule has 8 heteroatoms. The summed E-state index contributed by atoms with van der Waals surface area (Å²) in [5.74, 6) is 0.268. The van der Waals surface area contributed by atoms with E-state index >= 15 is 0 Å². The van der Waals surface area contributed by atoms with Gasteiger partial charge >= 0.3 is 6.09 Å². The highest BCUT2D eigenvalue weighted by molar-refractivity contribution is 8.00. The number of aromatic nitrogens is 3. The number of carbonyl (C=O) groups excluding carboxylic acids is 2. The number of methoxy groups -OCH3 is 1. The van der Waals surface area contributed by atoms with Gasteiger partial charge in [0.1, 0.15) is 0 Å². The second-order valence-electron chi connectivity index (χ2n) is 4.47. The molecule has 1 aromatic heterocycles. The lowest BCUT2D eigenvalue weighted by Crippen LogP contribution is -2.35. The maximum atomic E-state index is 11.8. The van der Waals surface area contributed by atoms with Crippen LogP contribution in [0.3, 0.4) is 0 Å². The molecule has 22 heavy (non-hydrogen) atoms. The molecule has 0 aliphatic carbocycles. The summed E-state index contributed by atoms with van der Waals surface area (Å²) in [5, 5.41) is 10.4. The van der Waals surface area contributed by atoms with Crippen LogP contribution in [0.5, 0.6) is 0 Å². The Hall–Kier alpha value is -2.35. The fraction of sp³-hybridized carbons (Fsp3) is 0.286. The van der Waals surface area contributed by atoms with Crippen LogP contribution in [0.15, 0.2) is 35.5 Å². The maximum absolute atomic E-state index is 11.8. The first-order valence-corrected chi connectivity index (χ1v) is 7.41. The van der Waals surface area contributed by atoms with Gasteiger partial charge in [-0.15, -0.1) is 10.2 Å². The highest BCUT2D eigenvalue weighted by Gasteiger charge is 2.21. The Morgan fingerprint density at radius 2 is 1.95 bits per heavy atom. The monoisotopic (exact) mass is 320 g/mol. The van der Waals surface area contributed by atoms with E-state index in [2.05, 4.69) is 20.3 Å². The third-order valence-corrected chi connectivity index (χ3v) is 4.06. The zero-order valence-electron chi connectivity index (χ0n) is 12.4. The zero-order chi connectivity index (χ0) is 16.1. The van der Waals surface area contributed by atoms with Gasteiger partial charge in [-0.2, -0.15) is 0 Å². The Morgan fingerprint density at radius 1 is 1.27 bits per heavy atom. The summed E-state index contributed by atoms with van der Waals surface area (Å²) in [6.45, 7) is 1.68. The first-order valence-electron chi connectivity index (χ1n) is 6.53. The number of benzene rings is 1. The van der Waals surface area contributed by atoms with Gasteiger partial charge in [0, 0.05) is 12.6 Å². The summed E-state index contributed by atoms with van der Waals surface area (Å²) in [5.41, 5.74) is 0.941. The van der Waals surface area contributed by atoms with Gasteiger partial charge in [0.05, 0.1) is 12.4 Å². The Labute approximate surface area is 132 Å². The Bertz CT molecular complexity index is 672. The zero-order valence-corrected chi connectivity index (χ0v) is 13.3. The number of imide groups is 1. The number of ether oxygens (including phenoxy) is 1. The van der Waals surface area contributed by atoms with Gasteiger partial charge in [-0.05, 0) is 6.92 Å². The normalized spacial score (nSPS) is 11.8. The number of nitrogens with one attached hydrogen (secondary N) is 1. The summed E-state index contributed by atoms with van der Waals surface area (Å²) < 4.78 is 6.20. The SMILES string of the molecule is COC(=O)NC(=O)[C@H](C)Sc1nnc(-c2ccccc2)n1C. The smallest absolute Gasteiger partial charge is 0.413 e. The van der Waals surface area contributed by atoms with E-state index in [4.69, 9.17) is 0 Å². The van der Waals surface area contributed by atoms with Gasteiger partial charge in [0.25, 0.3) is 0 Å². The van der Waals surface area contributed by atoms with Crippen molar-refractivity contribution in [2.24, 2.45) is 7.05 Å². The number of hydrogen-bond donors (Lipinski definition) is 1. The van der Waals surface area contributed by atoms with Crippen molar-refractivity contribution in [3.05, 3.63) is 30.3 Å². The molecule has 0 radical (unpaired) electrons. The topological polar surface area (TPSA) is 86.1 Å². The second-order valence-corrected chi connectivity index (χ2v) is 5.78. The van der Waals surface area contributed by atoms with Crippen molar-refractivity contribution in [1.82, 2.24) is 20.1 Å². The largest absolute Gasteiger partial charge is 0.453 e. The molecule has 0 saturated carbocycles. The number of hydrogen-bond acceptors (Lipinski definition) is 6. The minimum absolute atomic E-state index is 0.443. The Balaban J connectivity index is 2.10. The molecule has 0 fully saturated rings. The van der Waals surface area contributed by atoms with Crippen LogP contribution in [0.1, 0.15) is 6.92 Å². The number of nitrogens with zero attached hydrogens (tertiary/aromatic N) is 3. The molecule has 0 unspecified atom stereocenters. The standard InChI is InChI=1S/C14H16N4O3S/c1-9(12(19)15-14(20)21-3)22-13-17-16-11(18(13)2)10-7-5-4-6-8-10/h4-9H,1-3H3,(H,15,19,20)/t9-/m0/s1. The van der Waals surface area contributed by atoms with E-state index in [0.29, 0.717) is 11.0 Å². The average molecular weight is 320 g/mol. The number of alkyl carbamates (subject to hydrolysis) is 1. The van der Waals surface area contributed by atoms with E-state index in [9.17, 15) is 9.59 Å². The Morgan fingerprint density at radius 3 is 2.59 bits per heavy atom. The molecule has 1 heterocycles. The van der Waals surface area contributed by atoms with Crippen molar-refractivity contribution < 1.29 is 14.3 Å². The van der Waals surface area contributed by atoms with Crippen LogP contribution in [0, 0.1) is 0 Å². The molecular weight excluding hydrogens is 304 g/mol. The van der Waals surface area contributed by atoms with Crippen LogP contribution < -0.4 is 5.32 Å². The van der Waals surface area contributed by atoms with Crippen LogP contribution >= 0.6 is 11.8 Å². The first kappa shape index (κ1) is 16.0. The highest BCUT2D eigenvalue weighted by Crippen LogP contribution is 2.25. The number of thioether (sulfide) groups is 1. The molecule has 2 aromatic rings. The van der Waals surface area contributed by atoms with Crippen molar-refractivity contribution in [3.8, 4) is 11.4 Å². The molecule has 2 rings (SSSR count). The van der Waals surface area contributed by atoms with Gasteiger partial charge in [-0.3, -0.25) is 10.1 Å². The van der Waals surface area contributed by atoms with E-state index in [1.54, 1.807) is 6.92 Å². The van der Waals surface area contributed by atoms with Crippen molar-refractivity contribution in [3.63, 3.8) is 0 Å². The molecule has 116 valence electrons. The van der Waals surface area contributed by atoms with Gasteiger partial charge in [-0.1, -0.05) is 42.1 Å². The molecular formula is C14H16N4O3S. The molecule has 0 aliphatic heterocycles. The third-order valence-electron chi connectivity index (χ3n) is 2.93. The third kappa shape index (κ3) is 3.64. The fourth-order valence-corrected chi connectivity index (χ4v) is 2.54. The summed E-state index contributed by atoms with van der Waals surface area (Å²) in [6, 6.07) is 9.64. The minimum Gasteiger partial charge on any atom is -0.453 e. The van der Waals surface area contributed by atoms with Crippen LogP contribution in [-0.4, -0.2) is 39.1 Å². The number of rotatable bonds is 4. The predicted octanol–water partition coefficient (Wildman–Crippen LogP) is 1.85. The van der Waals surface area contributed by atoms with Crippen molar-refractivity contribution in [2.75, 3.05) is 7.11 Å². The molecule has 1 aromatic carbocycles. The fourth-order valence-electron chi connectivity index (χ4n) is 1.72. The van der Waals surface area contributed by atoms with E-state index in [1.165, 1.54) is 18.9 Å². The lowest BCUT2D eigenvalue weighted by molar-refractivity contribution is -0.119. The molecule has 0 bridgehead atoms. The molecule has 7 nitrogen and oxygen atoms in total. The summed E-state index contributed by atoms with van der Waals surface area (Å²) in [4.78, 5) is 22.9. The van der Waals surface area contributed by atoms with Crippen molar-refractivity contribution in [2.45, 2.75) is 17.3 Å². The lowest BCUT2D eigenvalue weighted by atomic mass is 10.2. The molecule has 0 spiro atoms. The van der Waals surface area contributed by atoms with Gasteiger partial charge in [0.2, 0.25) is 5.91 Å². The lowest BCUT2D eigenvalue weighted by Gasteiger charge is -2.10. The van der Waals surface area contributed by atoms with Gasteiger partial charge in [0.15, 0.2) is 11.0 Å². The quantitative estimate of drug-likeness (QED) is 0.865. The molecule has 1 N–H and O–H groups in total. The minimum atomic E-state index is -0.777. The molecule has 0 saturated heterocycles. The summed E-state index contributed by atoms with van der Waals surface area (Å²) >= 11 is 1.22. The van der Waals surface area contributed by atoms with Crippen molar-refractivity contribution >= 4 is 23.8 Å². The molecule has 1 atom stereocenters.